The minimum atomic E-state index is -0.404. The second kappa shape index (κ2) is 8.62. The molecular weight excluding hydrogens is 386 g/mol. The van der Waals surface area contributed by atoms with Gasteiger partial charge in [-0.05, 0) is 25.3 Å². The average molecular weight is 411 g/mol. The van der Waals surface area contributed by atoms with E-state index in [-0.39, 0.29) is 17.9 Å². The van der Waals surface area contributed by atoms with Crippen LogP contribution >= 0.6 is 0 Å². The first kappa shape index (κ1) is 20.0. The largest absolute Gasteiger partial charge is 0.440 e. The molecule has 0 spiro atoms. The summed E-state index contributed by atoms with van der Waals surface area (Å²) in [6, 6.07) is 1.81. The van der Waals surface area contributed by atoms with Crippen LogP contribution in [0, 0.1) is 12.8 Å². The summed E-state index contributed by atoms with van der Waals surface area (Å²) in [7, 11) is 1.81. The van der Waals surface area contributed by atoms with Gasteiger partial charge in [-0.2, -0.15) is 5.10 Å². The Morgan fingerprint density at radius 3 is 2.93 bits per heavy atom. The van der Waals surface area contributed by atoms with Crippen molar-refractivity contribution in [2.24, 2.45) is 13.0 Å². The van der Waals surface area contributed by atoms with E-state index >= 15 is 0 Å². The first-order chi connectivity index (χ1) is 14.5. The van der Waals surface area contributed by atoms with Crippen LogP contribution < -0.4 is 10.6 Å². The van der Waals surface area contributed by atoms with Gasteiger partial charge in [0.1, 0.15) is 23.5 Å². The molecule has 1 aliphatic carbocycles. The van der Waals surface area contributed by atoms with Gasteiger partial charge in [-0.3, -0.25) is 9.48 Å². The number of nitrogens with one attached hydrogen (secondary N) is 2. The number of aryl methyl sites for hydroxylation is 2. The molecule has 30 heavy (non-hydrogen) atoms. The summed E-state index contributed by atoms with van der Waals surface area (Å²) >= 11 is 0. The van der Waals surface area contributed by atoms with Gasteiger partial charge in [0.15, 0.2) is 0 Å². The van der Waals surface area contributed by atoms with Gasteiger partial charge in [0.25, 0.3) is 5.89 Å². The van der Waals surface area contributed by atoms with Crippen LogP contribution in [0.4, 0.5) is 11.8 Å². The standard InChI is InChI=1S/C20H25N7O3/c1-12-9-22-20(25-16-7-8-23-27(16)2)26-17(12)14-11-30-19(24-14)18(29)21-10-13-5-3-4-6-15(13)28/h7-9,11,13,15,28H,3-6,10H2,1-2H3,(H,21,29)(H,22,25,26)/t13-,15+/m0/s1. The smallest absolute Gasteiger partial charge is 0.307 e. The summed E-state index contributed by atoms with van der Waals surface area (Å²) in [6.07, 6.45) is 8.19. The molecule has 1 fully saturated rings. The number of anilines is 2. The molecule has 4 rings (SSSR count). The van der Waals surface area contributed by atoms with E-state index in [0.717, 1.165) is 37.1 Å². The molecule has 1 saturated carbocycles. The predicted octanol–water partition coefficient (Wildman–Crippen LogP) is 2.20. The van der Waals surface area contributed by atoms with Crippen LogP contribution in [0.3, 0.4) is 0 Å². The molecule has 0 unspecified atom stereocenters. The SMILES string of the molecule is Cc1cnc(Nc2ccnn2C)nc1-c1coc(C(=O)NC[C@@H]2CCCC[C@H]2O)n1. The Bertz CT molecular complexity index is 1030. The first-order valence-corrected chi connectivity index (χ1v) is 10.0. The molecule has 0 bridgehead atoms. The maximum absolute atomic E-state index is 12.4. The van der Waals surface area contributed by atoms with Crippen LogP contribution in [0.15, 0.2) is 29.1 Å². The molecule has 3 heterocycles. The van der Waals surface area contributed by atoms with Crippen molar-refractivity contribution in [2.75, 3.05) is 11.9 Å². The Morgan fingerprint density at radius 1 is 1.33 bits per heavy atom. The van der Waals surface area contributed by atoms with Gasteiger partial charge in [-0.15, -0.1) is 0 Å². The Labute approximate surface area is 173 Å². The Morgan fingerprint density at radius 2 is 2.17 bits per heavy atom. The molecular formula is C20H25N7O3. The van der Waals surface area contributed by atoms with Crippen LogP contribution in [0.5, 0.6) is 0 Å². The van der Waals surface area contributed by atoms with Crippen molar-refractivity contribution in [3.05, 3.63) is 36.2 Å². The highest BCUT2D eigenvalue weighted by molar-refractivity contribution is 5.90. The van der Waals surface area contributed by atoms with Gasteiger partial charge in [0.2, 0.25) is 5.95 Å². The fourth-order valence-electron chi connectivity index (χ4n) is 3.59. The van der Waals surface area contributed by atoms with E-state index in [9.17, 15) is 9.90 Å². The summed E-state index contributed by atoms with van der Waals surface area (Å²) in [5.41, 5.74) is 1.82. The number of aromatic nitrogens is 5. The van der Waals surface area contributed by atoms with Gasteiger partial charge < -0.3 is 20.2 Å². The maximum atomic E-state index is 12.4. The lowest BCUT2D eigenvalue weighted by atomic mass is 9.86. The van der Waals surface area contributed by atoms with Crippen LogP contribution in [-0.2, 0) is 7.05 Å². The number of rotatable bonds is 6. The lowest BCUT2D eigenvalue weighted by Crippen LogP contribution is -2.36. The quantitative estimate of drug-likeness (QED) is 0.563. The maximum Gasteiger partial charge on any atom is 0.307 e. The molecule has 0 saturated heterocycles. The summed E-state index contributed by atoms with van der Waals surface area (Å²) < 4.78 is 7.06. The number of nitrogens with zero attached hydrogens (tertiary/aromatic N) is 5. The minimum Gasteiger partial charge on any atom is -0.440 e. The van der Waals surface area contributed by atoms with Crippen molar-refractivity contribution in [2.45, 2.75) is 38.7 Å². The fourth-order valence-corrected chi connectivity index (χ4v) is 3.59. The zero-order valence-corrected chi connectivity index (χ0v) is 17.0. The normalized spacial score (nSPS) is 18.9. The molecule has 158 valence electrons. The van der Waals surface area contributed by atoms with E-state index in [1.54, 1.807) is 17.1 Å². The number of carbonyl (C=O) groups excluding carboxylic acids is 1. The van der Waals surface area contributed by atoms with Gasteiger partial charge in [-0.1, -0.05) is 12.8 Å². The molecule has 2 atom stereocenters. The second-order valence-corrected chi connectivity index (χ2v) is 7.55. The number of hydrogen-bond donors (Lipinski definition) is 3. The Hall–Kier alpha value is -3.27. The van der Waals surface area contributed by atoms with E-state index in [1.165, 1.54) is 6.26 Å². The van der Waals surface area contributed by atoms with Gasteiger partial charge in [0, 0.05) is 31.8 Å². The third-order valence-corrected chi connectivity index (χ3v) is 5.37. The molecule has 0 aliphatic heterocycles. The monoisotopic (exact) mass is 411 g/mol. The Kier molecular flexibility index (Phi) is 5.75. The lowest BCUT2D eigenvalue weighted by Gasteiger charge is -2.27. The van der Waals surface area contributed by atoms with Crippen molar-refractivity contribution >= 4 is 17.7 Å². The molecule has 0 radical (unpaired) electrons. The number of aliphatic hydroxyl groups is 1. The molecule has 3 aromatic rings. The molecule has 3 aromatic heterocycles. The summed E-state index contributed by atoms with van der Waals surface area (Å²) in [5.74, 6) is 0.768. The van der Waals surface area contributed by atoms with Crippen LogP contribution in [-0.4, -0.2) is 48.4 Å². The van der Waals surface area contributed by atoms with E-state index in [4.69, 9.17) is 4.42 Å². The number of oxazole rings is 1. The topological polar surface area (TPSA) is 131 Å². The molecule has 10 heteroatoms. The van der Waals surface area contributed by atoms with Crippen LogP contribution in [0.25, 0.3) is 11.4 Å². The van der Waals surface area contributed by atoms with Crippen molar-refractivity contribution in [3.8, 4) is 11.4 Å². The predicted molar refractivity (Wildman–Crippen MR) is 109 cm³/mol. The zero-order valence-electron chi connectivity index (χ0n) is 17.0. The van der Waals surface area contributed by atoms with Crippen molar-refractivity contribution in [1.29, 1.82) is 0 Å². The molecule has 10 nitrogen and oxygen atoms in total. The number of aliphatic hydroxyl groups excluding tert-OH is 1. The Balaban J connectivity index is 1.45. The summed E-state index contributed by atoms with van der Waals surface area (Å²) in [5, 5.41) is 20.1. The second-order valence-electron chi connectivity index (χ2n) is 7.55. The number of amides is 1. The lowest BCUT2D eigenvalue weighted by molar-refractivity contribution is 0.0654. The molecule has 1 amide bonds. The number of hydrogen-bond acceptors (Lipinski definition) is 8. The highest BCUT2D eigenvalue weighted by atomic mass is 16.4. The van der Waals surface area contributed by atoms with E-state index < -0.39 is 5.91 Å². The van der Waals surface area contributed by atoms with Crippen molar-refractivity contribution in [1.82, 2.24) is 30.0 Å². The third kappa shape index (κ3) is 4.33. The van der Waals surface area contributed by atoms with Crippen LogP contribution in [0.2, 0.25) is 0 Å². The average Bonchev–Trinajstić information content (AvgIpc) is 3.38. The highest BCUT2D eigenvalue weighted by Gasteiger charge is 2.24. The molecule has 1 aliphatic rings. The van der Waals surface area contributed by atoms with Gasteiger partial charge >= 0.3 is 5.91 Å². The molecule has 0 aromatic carbocycles. The summed E-state index contributed by atoms with van der Waals surface area (Å²) in [6.45, 7) is 2.27. The van der Waals surface area contributed by atoms with Crippen molar-refractivity contribution < 1.29 is 14.3 Å². The highest BCUT2D eigenvalue weighted by Crippen LogP contribution is 2.24. The van der Waals surface area contributed by atoms with Crippen molar-refractivity contribution in [3.63, 3.8) is 0 Å². The summed E-state index contributed by atoms with van der Waals surface area (Å²) in [4.78, 5) is 25.5. The molecule has 3 N–H and O–H groups in total. The van der Waals surface area contributed by atoms with E-state index in [1.807, 2.05) is 20.0 Å². The number of carbonyl (C=O) groups is 1. The van der Waals surface area contributed by atoms with E-state index in [2.05, 4.69) is 30.7 Å². The first-order valence-electron chi connectivity index (χ1n) is 10.0. The van der Waals surface area contributed by atoms with E-state index in [0.29, 0.717) is 23.9 Å². The minimum absolute atomic E-state index is 0.0329. The van der Waals surface area contributed by atoms with Gasteiger partial charge in [0.05, 0.1) is 12.3 Å². The van der Waals surface area contributed by atoms with Crippen LogP contribution in [0.1, 0.15) is 41.9 Å². The zero-order chi connectivity index (χ0) is 21.1. The fraction of sp³-hybridized carbons (Fsp3) is 0.450. The third-order valence-electron chi connectivity index (χ3n) is 5.37. The van der Waals surface area contributed by atoms with Gasteiger partial charge in [-0.25, -0.2) is 15.0 Å².